The first-order chi connectivity index (χ1) is 10.2. The van der Waals surface area contributed by atoms with Gasteiger partial charge in [0.2, 0.25) is 0 Å². The van der Waals surface area contributed by atoms with Crippen molar-refractivity contribution in [2.75, 3.05) is 19.0 Å². The van der Waals surface area contributed by atoms with E-state index in [2.05, 4.69) is 10.6 Å². The monoisotopic (exact) mass is 304 g/mol. The van der Waals surface area contributed by atoms with Crippen molar-refractivity contribution in [1.29, 1.82) is 0 Å². The first kappa shape index (κ1) is 15.4. The van der Waals surface area contributed by atoms with Crippen molar-refractivity contribution in [3.63, 3.8) is 0 Å². The van der Waals surface area contributed by atoms with Gasteiger partial charge in [-0.3, -0.25) is 4.79 Å². The molecule has 0 spiro atoms. The van der Waals surface area contributed by atoms with Gasteiger partial charge < -0.3 is 15.4 Å². The maximum Gasteiger partial charge on any atom is 0.262 e. The van der Waals surface area contributed by atoms with E-state index in [-0.39, 0.29) is 12.5 Å². The summed E-state index contributed by atoms with van der Waals surface area (Å²) in [5.74, 6) is 0.438. The number of benzene rings is 2. The van der Waals surface area contributed by atoms with Crippen LogP contribution in [0.15, 0.2) is 48.5 Å². The van der Waals surface area contributed by atoms with Gasteiger partial charge in [0.15, 0.2) is 6.61 Å². The van der Waals surface area contributed by atoms with Gasteiger partial charge in [0, 0.05) is 17.3 Å². The average molecular weight is 305 g/mol. The molecule has 1 amide bonds. The Morgan fingerprint density at radius 2 is 1.95 bits per heavy atom. The van der Waals surface area contributed by atoms with E-state index in [4.69, 9.17) is 16.3 Å². The molecule has 2 aromatic carbocycles. The van der Waals surface area contributed by atoms with Crippen LogP contribution >= 0.6 is 11.6 Å². The van der Waals surface area contributed by atoms with Crippen LogP contribution < -0.4 is 15.4 Å². The largest absolute Gasteiger partial charge is 0.484 e. The lowest BCUT2D eigenvalue weighted by molar-refractivity contribution is -0.118. The smallest absolute Gasteiger partial charge is 0.262 e. The zero-order valence-corrected chi connectivity index (χ0v) is 12.5. The Morgan fingerprint density at radius 1 is 1.19 bits per heavy atom. The van der Waals surface area contributed by atoms with Crippen molar-refractivity contribution in [3.05, 3.63) is 59.1 Å². The van der Waals surface area contributed by atoms with Gasteiger partial charge in [-0.1, -0.05) is 29.8 Å². The molecule has 0 atom stereocenters. The van der Waals surface area contributed by atoms with Crippen LogP contribution in [0.2, 0.25) is 5.02 Å². The number of hydrogen-bond acceptors (Lipinski definition) is 3. The Bertz CT molecular complexity index is 599. The molecule has 0 fully saturated rings. The highest BCUT2D eigenvalue weighted by Crippen LogP contribution is 2.15. The lowest BCUT2D eigenvalue weighted by Crippen LogP contribution is -2.20. The standard InChI is InChI=1S/C16H17ClN2O2/c1-18-10-12-5-7-15(8-6-12)21-11-16(20)19-14-4-2-3-13(17)9-14/h2-9,18H,10-11H2,1H3,(H,19,20). The Hall–Kier alpha value is -2.04. The number of anilines is 1. The second kappa shape index (κ2) is 7.67. The van der Waals surface area contributed by atoms with E-state index in [1.165, 1.54) is 0 Å². The van der Waals surface area contributed by atoms with Gasteiger partial charge in [-0.15, -0.1) is 0 Å². The Morgan fingerprint density at radius 3 is 2.62 bits per heavy atom. The van der Waals surface area contributed by atoms with Gasteiger partial charge in [-0.05, 0) is 42.9 Å². The van der Waals surface area contributed by atoms with Crippen LogP contribution in [0.3, 0.4) is 0 Å². The summed E-state index contributed by atoms with van der Waals surface area (Å²) in [5, 5.41) is 6.37. The minimum absolute atomic E-state index is 0.0438. The van der Waals surface area contributed by atoms with Crippen LogP contribution in [0.25, 0.3) is 0 Å². The first-order valence-electron chi connectivity index (χ1n) is 6.59. The van der Waals surface area contributed by atoms with E-state index in [1.807, 2.05) is 31.3 Å². The van der Waals surface area contributed by atoms with Crippen LogP contribution in [-0.4, -0.2) is 19.6 Å². The summed E-state index contributed by atoms with van der Waals surface area (Å²) in [6, 6.07) is 14.6. The van der Waals surface area contributed by atoms with Gasteiger partial charge in [-0.2, -0.15) is 0 Å². The maximum atomic E-state index is 11.8. The third-order valence-electron chi connectivity index (χ3n) is 2.78. The van der Waals surface area contributed by atoms with E-state index in [0.29, 0.717) is 16.5 Å². The Labute approximate surface area is 129 Å². The third-order valence-corrected chi connectivity index (χ3v) is 3.02. The number of amides is 1. The zero-order chi connectivity index (χ0) is 15.1. The molecule has 0 aromatic heterocycles. The van der Waals surface area contributed by atoms with Gasteiger partial charge >= 0.3 is 0 Å². The molecular weight excluding hydrogens is 288 g/mol. The molecule has 0 saturated heterocycles. The Balaban J connectivity index is 1.83. The van der Waals surface area contributed by atoms with Crippen molar-refractivity contribution in [2.24, 2.45) is 0 Å². The fraction of sp³-hybridized carbons (Fsp3) is 0.188. The predicted molar refractivity (Wildman–Crippen MR) is 84.8 cm³/mol. The molecule has 0 aliphatic carbocycles. The second-order valence-electron chi connectivity index (χ2n) is 4.52. The molecule has 2 rings (SSSR count). The SMILES string of the molecule is CNCc1ccc(OCC(=O)Nc2cccc(Cl)c2)cc1. The molecular formula is C16H17ClN2O2. The molecule has 21 heavy (non-hydrogen) atoms. The molecule has 2 N–H and O–H groups in total. The highest BCUT2D eigenvalue weighted by Gasteiger charge is 2.04. The van der Waals surface area contributed by atoms with E-state index < -0.39 is 0 Å². The summed E-state index contributed by atoms with van der Waals surface area (Å²) < 4.78 is 5.44. The summed E-state index contributed by atoms with van der Waals surface area (Å²) in [6.45, 7) is 0.757. The fourth-order valence-corrected chi connectivity index (χ4v) is 2.01. The van der Waals surface area contributed by atoms with E-state index in [1.54, 1.807) is 24.3 Å². The van der Waals surface area contributed by atoms with Crippen LogP contribution in [0.1, 0.15) is 5.56 Å². The number of carbonyl (C=O) groups is 1. The van der Waals surface area contributed by atoms with Crippen molar-refractivity contribution in [2.45, 2.75) is 6.54 Å². The number of nitrogens with one attached hydrogen (secondary N) is 2. The number of halogens is 1. The Kier molecular flexibility index (Phi) is 5.60. The quantitative estimate of drug-likeness (QED) is 0.862. The van der Waals surface area contributed by atoms with Gasteiger partial charge in [0.25, 0.3) is 5.91 Å². The van der Waals surface area contributed by atoms with Crippen LogP contribution in [0, 0.1) is 0 Å². The van der Waals surface area contributed by atoms with Gasteiger partial charge in [0.05, 0.1) is 0 Å². The molecule has 5 heteroatoms. The summed E-state index contributed by atoms with van der Waals surface area (Å²) >= 11 is 5.85. The molecule has 0 aliphatic heterocycles. The molecule has 110 valence electrons. The van der Waals surface area contributed by atoms with Crippen molar-refractivity contribution >= 4 is 23.2 Å². The van der Waals surface area contributed by atoms with Crippen LogP contribution in [-0.2, 0) is 11.3 Å². The first-order valence-corrected chi connectivity index (χ1v) is 6.97. The molecule has 0 heterocycles. The summed E-state index contributed by atoms with van der Waals surface area (Å²) in [6.07, 6.45) is 0. The minimum Gasteiger partial charge on any atom is -0.484 e. The van der Waals surface area contributed by atoms with Crippen molar-refractivity contribution in [3.8, 4) is 5.75 Å². The van der Waals surface area contributed by atoms with E-state index in [9.17, 15) is 4.79 Å². The minimum atomic E-state index is -0.225. The van der Waals surface area contributed by atoms with Crippen molar-refractivity contribution < 1.29 is 9.53 Å². The second-order valence-corrected chi connectivity index (χ2v) is 4.96. The highest BCUT2D eigenvalue weighted by atomic mass is 35.5. The number of hydrogen-bond donors (Lipinski definition) is 2. The van der Waals surface area contributed by atoms with Gasteiger partial charge in [-0.25, -0.2) is 0 Å². The maximum absolute atomic E-state index is 11.8. The third kappa shape index (κ3) is 5.10. The van der Waals surface area contributed by atoms with Crippen molar-refractivity contribution in [1.82, 2.24) is 5.32 Å². The summed E-state index contributed by atoms with van der Waals surface area (Å²) in [5.41, 5.74) is 1.81. The topological polar surface area (TPSA) is 50.4 Å². The molecule has 0 bridgehead atoms. The molecule has 0 saturated carbocycles. The number of carbonyl (C=O) groups excluding carboxylic acids is 1. The molecule has 4 nitrogen and oxygen atoms in total. The average Bonchev–Trinajstić information content (AvgIpc) is 2.47. The van der Waals surface area contributed by atoms with Gasteiger partial charge in [0.1, 0.15) is 5.75 Å². The van der Waals surface area contributed by atoms with Crippen LogP contribution in [0.5, 0.6) is 5.75 Å². The molecule has 0 unspecified atom stereocenters. The highest BCUT2D eigenvalue weighted by molar-refractivity contribution is 6.30. The van der Waals surface area contributed by atoms with E-state index >= 15 is 0 Å². The normalized spacial score (nSPS) is 10.2. The van der Waals surface area contributed by atoms with E-state index in [0.717, 1.165) is 12.1 Å². The predicted octanol–water partition coefficient (Wildman–Crippen LogP) is 3.08. The number of rotatable bonds is 6. The molecule has 2 aromatic rings. The summed E-state index contributed by atoms with van der Waals surface area (Å²) in [4.78, 5) is 11.8. The molecule has 0 radical (unpaired) electrons. The lowest BCUT2D eigenvalue weighted by Gasteiger charge is -2.08. The molecule has 0 aliphatic rings. The fourth-order valence-electron chi connectivity index (χ4n) is 1.82. The summed E-state index contributed by atoms with van der Waals surface area (Å²) in [7, 11) is 1.89. The number of ether oxygens (including phenoxy) is 1. The lowest BCUT2D eigenvalue weighted by atomic mass is 10.2. The van der Waals surface area contributed by atoms with Crippen LogP contribution in [0.4, 0.5) is 5.69 Å². The zero-order valence-electron chi connectivity index (χ0n) is 11.7.